The lowest BCUT2D eigenvalue weighted by atomic mass is 9.96. The number of piperidine rings is 1. The van der Waals surface area contributed by atoms with Gasteiger partial charge in [0.2, 0.25) is 5.91 Å². The van der Waals surface area contributed by atoms with Crippen LogP contribution >= 0.6 is 0 Å². The summed E-state index contributed by atoms with van der Waals surface area (Å²) in [4.78, 5) is 37.9. The van der Waals surface area contributed by atoms with Crippen LogP contribution < -0.4 is 10.9 Å². The molecule has 0 radical (unpaired) electrons. The van der Waals surface area contributed by atoms with Gasteiger partial charge in [0, 0.05) is 38.8 Å². The van der Waals surface area contributed by atoms with Crippen molar-refractivity contribution in [1.82, 2.24) is 14.8 Å². The standard InChI is InChI=1S/C17H23N3O3/c1-19-8-2-3-14(16(19)22)17(23)20-9-6-12(7-10-20)11-18-15(21)13-4-5-13/h2-3,8,12-13H,4-7,9-11H2,1H3,(H,18,21). The summed E-state index contributed by atoms with van der Waals surface area (Å²) in [5, 5.41) is 3.01. The highest BCUT2D eigenvalue weighted by molar-refractivity contribution is 5.93. The molecule has 2 amide bonds. The van der Waals surface area contributed by atoms with Crippen LogP contribution in [0.4, 0.5) is 0 Å². The lowest BCUT2D eigenvalue weighted by Gasteiger charge is -2.32. The van der Waals surface area contributed by atoms with Crippen LogP contribution in [0.2, 0.25) is 0 Å². The molecule has 1 aromatic heterocycles. The normalized spacial score (nSPS) is 18.7. The molecule has 0 unspecified atom stereocenters. The Morgan fingerprint density at radius 2 is 1.91 bits per heavy atom. The summed E-state index contributed by atoms with van der Waals surface area (Å²) < 4.78 is 1.42. The average molecular weight is 317 g/mol. The number of aromatic nitrogens is 1. The molecule has 2 aliphatic rings. The third kappa shape index (κ3) is 3.63. The minimum atomic E-state index is -0.253. The van der Waals surface area contributed by atoms with Crippen LogP contribution in [0.5, 0.6) is 0 Å². The number of likely N-dealkylation sites (tertiary alicyclic amines) is 1. The van der Waals surface area contributed by atoms with Gasteiger partial charge in [-0.15, -0.1) is 0 Å². The summed E-state index contributed by atoms with van der Waals surface area (Å²) in [6.07, 6.45) is 5.41. The molecule has 3 rings (SSSR count). The van der Waals surface area contributed by atoms with Crippen LogP contribution in [-0.2, 0) is 11.8 Å². The molecule has 1 aromatic rings. The maximum atomic E-state index is 12.5. The minimum Gasteiger partial charge on any atom is -0.356 e. The largest absolute Gasteiger partial charge is 0.356 e. The van der Waals surface area contributed by atoms with Crippen LogP contribution in [0.3, 0.4) is 0 Å². The molecule has 2 heterocycles. The molecule has 0 atom stereocenters. The smallest absolute Gasteiger partial charge is 0.263 e. The maximum absolute atomic E-state index is 12.5. The Kier molecular flexibility index (Phi) is 4.50. The second-order valence-corrected chi connectivity index (χ2v) is 6.59. The van der Waals surface area contributed by atoms with Crippen molar-refractivity contribution in [1.29, 1.82) is 0 Å². The van der Waals surface area contributed by atoms with E-state index in [9.17, 15) is 14.4 Å². The second kappa shape index (κ2) is 6.56. The molecule has 1 saturated heterocycles. The topological polar surface area (TPSA) is 71.4 Å². The van der Waals surface area contributed by atoms with E-state index >= 15 is 0 Å². The number of nitrogens with one attached hydrogen (secondary N) is 1. The van der Waals surface area contributed by atoms with Gasteiger partial charge in [-0.25, -0.2) is 0 Å². The van der Waals surface area contributed by atoms with E-state index in [0.29, 0.717) is 25.6 Å². The Hall–Kier alpha value is -2.11. The SMILES string of the molecule is Cn1cccc(C(=O)N2CCC(CNC(=O)C3CC3)CC2)c1=O. The van der Waals surface area contributed by atoms with Crippen LogP contribution in [0, 0.1) is 11.8 Å². The third-order valence-corrected chi connectivity index (χ3v) is 4.77. The molecule has 1 aliphatic heterocycles. The first-order chi connectivity index (χ1) is 11.1. The van der Waals surface area contributed by atoms with Crippen molar-refractivity contribution in [3.63, 3.8) is 0 Å². The first-order valence-electron chi connectivity index (χ1n) is 8.29. The highest BCUT2D eigenvalue weighted by Crippen LogP contribution is 2.29. The Bertz CT molecular complexity index is 655. The lowest BCUT2D eigenvalue weighted by molar-refractivity contribution is -0.122. The molecule has 23 heavy (non-hydrogen) atoms. The van der Waals surface area contributed by atoms with Gasteiger partial charge in [0.1, 0.15) is 5.56 Å². The zero-order valence-corrected chi connectivity index (χ0v) is 13.5. The highest BCUT2D eigenvalue weighted by atomic mass is 16.2. The van der Waals surface area contributed by atoms with Crippen molar-refractivity contribution >= 4 is 11.8 Å². The Labute approximate surface area is 135 Å². The van der Waals surface area contributed by atoms with E-state index in [0.717, 1.165) is 25.7 Å². The monoisotopic (exact) mass is 317 g/mol. The van der Waals surface area contributed by atoms with Crippen LogP contribution in [0.25, 0.3) is 0 Å². The molecule has 1 N–H and O–H groups in total. The Morgan fingerprint density at radius 1 is 1.22 bits per heavy atom. The van der Waals surface area contributed by atoms with Gasteiger partial charge in [-0.05, 0) is 43.7 Å². The minimum absolute atomic E-state index is 0.177. The molecule has 1 saturated carbocycles. The molecule has 2 fully saturated rings. The van der Waals surface area contributed by atoms with Crippen molar-refractivity contribution in [2.75, 3.05) is 19.6 Å². The number of carbonyl (C=O) groups excluding carboxylic acids is 2. The second-order valence-electron chi connectivity index (χ2n) is 6.59. The van der Waals surface area contributed by atoms with Crippen LogP contribution in [0.1, 0.15) is 36.0 Å². The fourth-order valence-corrected chi connectivity index (χ4v) is 3.01. The van der Waals surface area contributed by atoms with E-state index in [1.807, 2.05) is 0 Å². The number of nitrogens with zero attached hydrogens (tertiary/aromatic N) is 2. The first-order valence-corrected chi connectivity index (χ1v) is 8.29. The fourth-order valence-electron chi connectivity index (χ4n) is 3.01. The van der Waals surface area contributed by atoms with Crippen LogP contribution in [-0.4, -0.2) is 40.9 Å². The summed E-state index contributed by atoms with van der Waals surface area (Å²) in [6, 6.07) is 3.31. The molecule has 0 aromatic carbocycles. The van der Waals surface area contributed by atoms with E-state index < -0.39 is 0 Å². The number of carbonyl (C=O) groups is 2. The number of rotatable bonds is 4. The lowest BCUT2D eigenvalue weighted by Crippen LogP contribution is -2.43. The molecular formula is C17H23N3O3. The summed E-state index contributed by atoms with van der Waals surface area (Å²) in [5.41, 5.74) is -0.0215. The third-order valence-electron chi connectivity index (χ3n) is 4.77. The number of pyridine rings is 1. The predicted octanol–water partition coefficient (Wildman–Crippen LogP) is 0.764. The van der Waals surface area contributed by atoms with Gasteiger partial charge in [-0.3, -0.25) is 14.4 Å². The number of hydrogen-bond acceptors (Lipinski definition) is 3. The van der Waals surface area contributed by atoms with Gasteiger partial charge >= 0.3 is 0 Å². The molecule has 0 spiro atoms. The van der Waals surface area contributed by atoms with Crippen molar-refractivity contribution in [3.05, 3.63) is 34.2 Å². The van der Waals surface area contributed by atoms with Gasteiger partial charge in [0.15, 0.2) is 0 Å². The Morgan fingerprint density at radius 3 is 2.57 bits per heavy atom. The van der Waals surface area contributed by atoms with Crippen molar-refractivity contribution in [3.8, 4) is 0 Å². The number of amides is 2. The van der Waals surface area contributed by atoms with Crippen molar-refractivity contribution < 1.29 is 9.59 Å². The zero-order valence-electron chi connectivity index (χ0n) is 13.5. The summed E-state index contributed by atoms with van der Waals surface area (Å²) in [7, 11) is 1.65. The molecule has 124 valence electrons. The summed E-state index contributed by atoms with van der Waals surface area (Å²) >= 11 is 0. The van der Waals surface area contributed by atoms with E-state index in [1.54, 1.807) is 30.3 Å². The number of hydrogen-bond donors (Lipinski definition) is 1. The first kappa shape index (κ1) is 15.8. The molecule has 1 aliphatic carbocycles. The van der Waals surface area contributed by atoms with Gasteiger partial charge in [0.05, 0.1) is 0 Å². The molecular weight excluding hydrogens is 294 g/mol. The van der Waals surface area contributed by atoms with Crippen molar-refractivity contribution in [2.45, 2.75) is 25.7 Å². The summed E-state index contributed by atoms with van der Waals surface area (Å²) in [6.45, 7) is 1.98. The maximum Gasteiger partial charge on any atom is 0.263 e. The summed E-state index contributed by atoms with van der Waals surface area (Å²) in [5.74, 6) is 0.647. The number of aryl methyl sites for hydroxylation is 1. The van der Waals surface area contributed by atoms with Gasteiger partial charge < -0.3 is 14.8 Å². The van der Waals surface area contributed by atoms with Crippen LogP contribution in [0.15, 0.2) is 23.1 Å². The highest BCUT2D eigenvalue weighted by Gasteiger charge is 2.30. The van der Waals surface area contributed by atoms with E-state index in [4.69, 9.17) is 0 Å². The predicted molar refractivity (Wildman–Crippen MR) is 86.0 cm³/mol. The Balaban J connectivity index is 1.52. The molecule has 0 bridgehead atoms. The molecule has 6 heteroatoms. The van der Waals surface area contributed by atoms with Gasteiger partial charge in [0.25, 0.3) is 11.5 Å². The fraction of sp³-hybridized carbons (Fsp3) is 0.588. The quantitative estimate of drug-likeness (QED) is 0.891. The van der Waals surface area contributed by atoms with Crippen molar-refractivity contribution in [2.24, 2.45) is 18.9 Å². The van der Waals surface area contributed by atoms with Gasteiger partial charge in [-0.1, -0.05) is 0 Å². The van der Waals surface area contributed by atoms with E-state index in [2.05, 4.69) is 5.32 Å². The zero-order chi connectivity index (χ0) is 16.4. The van der Waals surface area contributed by atoms with Gasteiger partial charge in [-0.2, -0.15) is 0 Å². The van der Waals surface area contributed by atoms with E-state index in [1.165, 1.54) is 4.57 Å². The average Bonchev–Trinajstić information content (AvgIpc) is 3.40. The van der Waals surface area contributed by atoms with E-state index in [-0.39, 0.29) is 28.9 Å². The molecule has 6 nitrogen and oxygen atoms in total.